The molecule has 2 aromatic rings. The molecule has 0 aliphatic rings. The number of hydrogen-bond donors (Lipinski definition) is 0. The normalized spacial score (nSPS) is 10.6. The second kappa shape index (κ2) is 6.95. The van der Waals surface area contributed by atoms with Gasteiger partial charge in [-0.3, -0.25) is 0 Å². The Hall–Kier alpha value is -2.26. The summed E-state index contributed by atoms with van der Waals surface area (Å²) in [5.41, 5.74) is 2.29. The van der Waals surface area contributed by atoms with E-state index in [1.165, 1.54) is 7.11 Å². The molecule has 0 saturated carbocycles. The van der Waals surface area contributed by atoms with Crippen molar-refractivity contribution in [2.24, 2.45) is 0 Å². The monoisotopic (exact) mass is 302 g/mol. The first-order valence-corrected chi connectivity index (χ1v) is 6.72. The highest BCUT2D eigenvalue weighted by Crippen LogP contribution is 2.23. The zero-order chi connectivity index (χ0) is 15.2. The first-order valence-electron chi connectivity index (χ1n) is 6.34. The predicted molar refractivity (Wildman–Crippen MR) is 84.7 cm³/mol. The average Bonchev–Trinajstić information content (AvgIpc) is 2.53. The highest BCUT2D eigenvalue weighted by Gasteiger charge is 2.08. The molecule has 108 valence electrons. The summed E-state index contributed by atoms with van der Waals surface area (Å²) in [5, 5.41) is 0.692. The van der Waals surface area contributed by atoms with Crippen LogP contribution in [0.5, 0.6) is 5.75 Å². The van der Waals surface area contributed by atoms with Gasteiger partial charge in [0, 0.05) is 10.6 Å². The van der Waals surface area contributed by atoms with Crippen molar-refractivity contribution in [2.45, 2.75) is 0 Å². The number of carbonyl (C=O) groups excluding carboxylic acids is 1. The summed E-state index contributed by atoms with van der Waals surface area (Å²) in [6.45, 7) is 0. The van der Waals surface area contributed by atoms with Gasteiger partial charge in [0.1, 0.15) is 5.75 Å². The lowest BCUT2D eigenvalue weighted by Gasteiger charge is -2.07. The van der Waals surface area contributed by atoms with Gasteiger partial charge in [-0.1, -0.05) is 35.9 Å². The SMILES string of the molecule is COC(=O)c1ccc(OC)c(/C=C/c2ccc(Cl)cc2)c1. The van der Waals surface area contributed by atoms with Crippen LogP contribution in [0.4, 0.5) is 0 Å². The van der Waals surface area contributed by atoms with Crippen LogP contribution in [0.25, 0.3) is 12.2 Å². The van der Waals surface area contributed by atoms with E-state index in [1.807, 2.05) is 36.4 Å². The molecule has 2 aromatic carbocycles. The summed E-state index contributed by atoms with van der Waals surface area (Å²) in [5.74, 6) is 0.312. The molecule has 3 nitrogen and oxygen atoms in total. The van der Waals surface area contributed by atoms with E-state index in [2.05, 4.69) is 0 Å². The number of benzene rings is 2. The fourth-order valence-electron chi connectivity index (χ4n) is 1.87. The van der Waals surface area contributed by atoms with Gasteiger partial charge in [0.15, 0.2) is 0 Å². The summed E-state index contributed by atoms with van der Waals surface area (Å²) >= 11 is 5.85. The molecule has 0 spiro atoms. The van der Waals surface area contributed by atoms with Crippen molar-refractivity contribution in [3.05, 3.63) is 64.2 Å². The minimum atomic E-state index is -0.376. The highest BCUT2D eigenvalue weighted by atomic mass is 35.5. The quantitative estimate of drug-likeness (QED) is 0.624. The maximum absolute atomic E-state index is 11.6. The lowest BCUT2D eigenvalue weighted by atomic mass is 10.1. The Kier molecular flexibility index (Phi) is 5.01. The molecular formula is C17H15ClO3. The number of esters is 1. The second-order valence-corrected chi connectivity index (χ2v) is 4.77. The van der Waals surface area contributed by atoms with E-state index >= 15 is 0 Å². The molecule has 2 rings (SSSR count). The minimum absolute atomic E-state index is 0.376. The van der Waals surface area contributed by atoms with Crippen LogP contribution in [0.2, 0.25) is 5.02 Å². The number of rotatable bonds is 4. The molecule has 4 heteroatoms. The Morgan fingerprint density at radius 1 is 1.05 bits per heavy atom. The smallest absolute Gasteiger partial charge is 0.337 e. The molecule has 0 aliphatic carbocycles. The van der Waals surface area contributed by atoms with Crippen molar-refractivity contribution in [2.75, 3.05) is 14.2 Å². The van der Waals surface area contributed by atoms with Crippen LogP contribution >= 0.6 is 11.6 Å². The van der Waals surface area contributed by atoms with E-state index in [0.717, 1.165) is 11.1 Å². The van der Waals surface area contributed by atoms with Gasteiger partial charge in [0.05, 0.1) is 19.8 Å². The van der Waals surface area contributed by atoms with Crippen molar-refractivity contribution in [3.63, 3.8) is 0 Å². The molecule has 0 unspecified atom stereocenters. The topological polar surface area (TPSA) is 35.5 Å². The summed E-state index contributed by atoms with van der Waals surface area (Å²) in [6.07, 6.45) is 3.81. The summed E-state index contributed by atoms with van der Waals surface area (Å²) in [7, 11) is 2.95. The number of hydrogen-bond acceptors (Lipinski definition) is 3. The molecule has 0 saturated heterocycles. The van der Waals surface area contributed by atoms with Crippen molar-refractivity contribution >= 4 is 29.7 Å². The van der Waals surface area contributed by atoms with Gasteiger partial charge in [-0.25, -0.2) is 4.79 Å². The number of halogens is 1. The van der Waals surface area contributed by atoms with Gasteiger partial charge in [-0.05, 0) is 35.9 Å². The predicted octanol–water partition coefficient (Wildman–Crippen LogP) is 4.31. The Bertz CT molecular complexity index is 660. The van der Waals surface area contributed by atoms with Gasteiger partial charge in [0.25, 0.3) is 0 Å². The zero-order valence-corrected chi connectivity index (χ0v) is 12.6. The minimum Gasteiger partial charge on any atom is -0.496 e. The van der Waals surface area contributed by atoms with Gasteiger partial charge in [-0.2, -0.15) is 0 Å². The van der Waals surface area contributed by atoms with Crippen molar-refractivity contribution in [3.8, 4) is 5.75 Å². The highest BCUT2D eigenvalue weighted by molar-refractivity contribution is 6.30. The van der Waals surface area contributed by atoms with Gasteiger partial charge < -0.3 is 9.47 Å². The third-order valence-electron chi connectivity index (χ3n) is 2.98. The molecule has 0 aromatic heterocycles. The Labute approximate surface area is 128 Å². The van der Waals surface area contributed by atoms with E-state index in [1.54, 1.807) is 25.3 Å². The molecule has 21 heavy (non-hydrogen) atoms. The number of ether oxygens (including phenoxy) is 2. The summed E-state index contributed by atoms with van der Waals surface area (Å²) < 4.78 is 10.0. The van der Waals surface area contributed by atoms with Crippen molar-refractivity contribution < 1.29 is 14.3 Å². The fourth-order valence-corrected chi connectivity index (χ4v) is 2.00. The van der Waals surface area contributed by atoms with Gasteiger partial charge in [0.2, 0.25) is 0 Å². The van der Waals surface area contributed by atoms with E-state index in [4.69, 9.17) is 21.1 Å². The third kappa shape index (κ3) is 3.86. The first kappa shape index (κ1) is 15.1. The van der Waals surface area contributed by atoms with Crippen LogP contribution in [0.3, 0.4) is 0 Å². The third-order valence-corrected chi connectivity index (χ3v) is 3.23. The lowest BCUT2D eigenvalue weighted by molar-refractivity contribution is 0.0600. The van der Waals surface area contributed by atoms with Crippen LogP contribution < -0.4 is 4.74 Å². The van der Waals surface area contributed by atoms with Crippen molar-refractivity contribution in [1.82, 2.24) is 0 Å². The Balaban J connectivity index is 2.32. The first-order chi connectivity index (χ1) is 10.1. The lowest BCUT2D eigenvalue weighted by Crippen LogP contribution is -2.01. The molecule has 0 bridgehead atoms. The number of methoxy groups -OCH3 is 2. The molecule has 0 fully saturated rings. The standard InChI is InChI=1S/C17H15ClO3/c1-20-16-10-7-14(17(19)21-2)11-13(16)6-3-12-4-8-15(18)9-5-12/h3-11H,1-2H3/b6-3+. The largest absolute Gasteiger partial charge is 0.496 e. The van der Waals surface area contributed by atoms with Gasteiger partial charge >= 0.3 is 5.97 Å². The van der Waals surface area contributed by atoms with Crippen LogP contribution in [0, 0.1) is 0 Å². The van der Waals surface area contributed by atoms with E-state index < -0.39 is 0 Å². The Morgan fingerprint density at radius 3 is 2.38 bits per heavy atom. The van der Waals surface area contributed by atoms with Gasteiger partial charge in [-0.15, -0.1) is 0 Å². The van der Waals surface area contributed by atoms with Crippen LogP contribution in [0.1, 0.15) is 21.5 Å². The molecule has 0 radical (unpaired) electrons. The molecule has 0 N–H and O–H groups in total. The van der Waals surface area contributed by atoms with Crippen LogP contribution in [0.15, 0.2) is 42.5 Å². The Morgan fingerprint density at radius 2 is 1.76 bits per heavy atom. The summed E-state index contributed by atoms with van der Waals surface area (Å²) in [6, 6.07) is 12.6. The maximum Gasteiger partial charge on any atom is 0.337 e. The second-order valence-electron chi connectivity index (χ2n) is 4.33. The van der Waals surface area contributed by atoms with Crippen LogP contribution in [-0.4, -0.2) is 20.2 Å². The number of carbonyl (C=O) groups is 1. The molecule has 0 heterocycles. The zero-order valence-electron chi connectivity index (χ0n) is 11.8. The van der Waals surface area contributed by atoms with E-state index in [9.17, 15) is 4.79 Å². The molecule has 0 amide bonds. The molecule has 0 atom stereocenters. The fraction of sp³-hybridized carbons (Fsp3) is 0.118. The van der Waals surface area contributed by atoms with E-state index in [-0.39, 0.29) is 5.97 Å². The summed E-state index contributed by atoms with van der Waals surface area (Å²) in [4.78, 5) is 11.6. The maximum atomic E-state index is 11.6. The van der Waals surface area contributed by atoms with Crippen LogP contribution in [-0.2, 0) is 4.74 Å². The van der Waals surface area contributed by atoms with Crippen molar-refractivity contribution in [1.29, 1.82) is 0 Å². The molecule has 0 aliphatic heterocycles. The average molecular weight is 303 g/mol. The van der Waals surface area contributed by atoms with E-state index in [0.29, 0.717) is 16.3 Å². The molecular weight excluding hydrogens is 288 g/mol.